The Bertz CT molecular complexity index is 1180. The summed E-state index contributed by atoms with van der Waals surface area (Å²) in [6.45, 7) is 8.99. The van der Waals surface area contributed by atoms with E-state index in [9.17, 15) is 9.59 Å². The molecule has 1 aliphatic heterocycles. The molecule has 1 aromatic carbocycles. The maximum Gasteiger partial charge on any atom is 0.276 e. The van der Waals surface area contributed by atoms with Gasteiger partial charge in [0.2, 0.25) is 11.9 Å². The predicted octanol–water partition coefficient (Wildman–Crippen LogP) is 2.74. The summed E-state index contributed by atoms with van der Waals surface area (Å²) >= 11 is 0. The molecule has 0 aliphatic carbocycles. The number of primary amides is 1. The van der Waals surface area contributed by atoms with Crippen LogP contribution in [0.25, 0.3) is 11.0 Å². The van der Waals surface area contributed by atoms with Crippen molar-refractivity contribution < 1.29 is 19.1 Å². The molecule has 0 spiro atoms. The van der Waals surface area contributed by atoms with Crippen molar-refractivity contribution in [2.24, 2.45) is 11.7 Å². The van der Waals surface area contributed by atoms with Crippen LogP contribution in [0.2, 0.25) is 0 Å². The largest absolute Gasteiger partial charge is 0.491 e. The van der Waals surface area contributed by atoms with Crippen LogP contribution in [0, 0.1) is 12.8 Å². The maximum atomic E-state index is 13.0. The molecule has 0 radical (unpaired) electrons. The Hall–Kier alpha value is -3.40. The Morgan fingerprint density at radius 3 is 2.70 bits per heavy atom. The number of carbonyl (C=O) groups is 2. The monoisotopic (exact) mass is 454 g/mol. The van der Waals surface area contributed by atoms with Crippen LogP contribution in [-0.4, -0.2) is 51.0 Å². The lowest BCUT2D eigenvalue weighted by Gasteiger charge is -2.25. The quantitative estimate of drug-likeness (QED) is 0.485. The molecule has 4 rings (SSSR count). The van der Waals surface area contributed by atoms with Crippen LogP contribution in [0.15, 0.2) is 18.2 Å². The molecule has 10 heteroatoms. The van der Waals surface area contributed by atoms with Gasteiger partial charge in [0.15, 0.2) is 0 Å². The Morgan fingerprint density at radius 1 is 1.27 bits per heavy atom. The summed E-state index contributed by atoms with van der Waals surface area (Å²) in [5.74, 6) is 0.538. The van der Waals surface area contributed by atoms with Gasteiger partial charge in [-0.05, 0) is 44.9 Å². The molecule has 0 atom stereocenters. The van der Waals surface area contributed by atoms with Gasteiger partial charge in [0, 0.05) is 24.6 Å². The fourth-order valence-electron chi connectivity index (χ4n) is 3.94. The highest BCUT2D eigenvalue weighted by Crippen LogP contribution is 2.32. The number of hydrogen-bond acceptors (Lipinski definition) is 6. The Morgan fingerprint density at radius 2 is 2.06 bits per heavy atom. The lowest BCUT2D eigenvalue weighted by molar-refractivity contribution is -0.0400. The molecule has 3 aromatic rings. The van der Waals surface area contributed by atoms with Crippen molar-refractivity contribution in [3.8, 4) is 5.75 Å². The zero-order valence-corrected chi connectivity index (χ0v) is 19.3. The number of aryl methyl sites for hydroxylation is 3. The first-order valence-corrected chi connectivity index (χ1v) is 11.3. The molecule has 0 unspecified atom stereocenters. The number of ether oxygens (including phenoxy) is 2. The lowest BCUT2D eigenvalue weighted by atomic mass is 10.1. The average molecular weight is 455 g/mol. The number of anilines is 1. The fourth-order valence-corrected chi connectivity index (χ4v) is 3.94. The van der Waals surface area contributed by atoms with Gasteiger partial charge in [-0.25, -0.2) is 4.98 Å². The van der Waals surface area contributed by atoms with Crippen molar-refractivity contribution in [3.63, 3.8) is 0 Å². The summed E-state index contributed by atoms with van der Waals surface area (Å²) in [5, 5.41) is 7.27. The van der Waals surface area contributed by atoms with E-state index >= 15 is 0 Å². The molecule has 176 valence electrons. The first kappa shape index (κ1) is 22.8. The summed E-state index contributed by atoms with van der Waals surface area (Å²) in [6, 6.07) is 5.03. The Balaban J connectivity index is 1.71. The summed E-state index contributed by atoms with van der Waals surface area (Å²) in [6.07, 6.45) is 1.67. The van der Waals surface area contributed by atoms with E-state index in [2.05, 4.69) is 15.4 Å². The molecule has 33 heavy (non-hydrogen) atoms. The van der Waals surface area contributed by atoms with E-state index in [4.69, 9.17) is 15.2 Å². The van der Waals surface area contributed by atoms with Gasteiger partial charge in [-0.15, -0.1) is 0 Å². The normalized spacial score (nSPS) is 13.8. The minimum Gasteiger partial charge on any atom is -0.491 e. The zero-order chi connectivity index (χ0) is 23.5. The third-order valence-electron chi connectivity index (χ3n) is 5.69. The van der Waals surface area contributed by atoms with Crippen LogP contribution in [-0.2, 0) is 17.8 Å². The molecule has 10 nitrogen and oxygen atoms in total. The highest BCUT2D eigenvalue weighted by atomic mass is 16.5. The van der Waals surface area contributed by atoms with Gasteiger partial charge >= 0.3 is 0 Å². The number of hydrogen-bond donors (Lipinski definition) is 2. The number of carbonyl (C=O) groups excluding carboxylic acids is 2. The van der Waals surface area contributed by atoms with E-state index in [-0.39, 0.29) is 5.91 Å². The van der Waals surface area contributed by atoms with Gasteiger partial charge in [-0.2, -0.15) is 5.10 Å². The third kappa shape index (κ3) is 4.70. The second kappa shape index (κ2) is 9.62. The molecule has 3 heterocycles. The van der Waals surface area contributed by atoms with E-state index in [1.165, 1.54) is 0 Å². The zero-order valence-electron chi connectivity index (χ0n) is 19.3. The summed E-state index contributed by atoms with van der Waals surface area (Å²) < 4.78 is 14.9. The maximum absolute atomic E-state index is 13.0. The number of nitrogens with one attached hydrogen (secondary N) is 1. The van der Waals surface area contributed by atoms with E-state index < -0.39 is 5.91 Å². The van der Waals surface area contributed by atoms with Gasteiger partial charge < -0.3 is 19.8 Å². The van der Waals surface area contributed by atoms with Crippen LogP contribution >= 0.6 is 0 Å². The number of nitrogens with zero attached hydrogens (tertiary/aromatic N) is 4. The summed E-state index contributed by atoms with van der Waals surface area (Å²) in [5.41, 5.74) is 8.35. The number of rotatable bonds is 10. The highest BCUT2D eigenvalue weighted by Gasteiger charge is 2.22. The van der Waals surface area contributed by atoms with Crippen LogP contribution in [0.4, 0.5) is 5.95 Å². The van der Waals surface area contributed by atoms with Crippen molar-refractivity contribution >= 4 is 28.8 Å². The van der Waals surface area contributed by atoms with Crippen LogP contribution in [0.5, 0.6) is 5.75 Å². The first-order valence-electron chi connectivity index (χ1n) is 11.3. The highest BCUT2D eigenvalue weighted by molar-refractivity contribution is 6.04. The van der Waals surface area contributed by atoms with Crippen LogP contribution < -0.4 is 15.8 Å². The van der Waals surface area contributed by atoms with Gasteiger partial charge in [0.05, 0.1) is 31.0 Å². The van der Waals surface area contributed by atoms with Crippen molar-refractivity contribution in [1.82, 2.24) is 19.3 Å². The molecule has 2 aromatic heterocycles. The van der Waals surface area contributed by atoms with Crippen molar-refractivity contribution in [3.05, 3.63) is 35.2 Å². The second-order valence-electron chi connectivity index (χ2n) is 8.27. The van der Waals surface area contributed by atoms with Gasteiger partial charge in [-0.3, -0.25) is 19.6 Å². The van der Waals surface area contributed by atoms with Crippen molar-refractivity contribution in [2.45, 2.75) is 46.7 Å². The minimum absolute atomic E-state index is 0.298. The number of amides is 2. The standard InChI is InChI=1S/C23H30N6O4/c1-4-7-28-20-17(25-23(28)26-22(31)18-9-14(3)27-29(18)5-2)10-16(21(24)30)11-19(20)33-8-6-15-12-32-13-15/h9-11,15H,4-8,12-13H2,1-3H3,(H2,24,30)(H,25,26,31). The third-order valence-corrected chi connectivity index (χ3v) is 5.69. The molecular formula is C23H30N6O4. The Kier molecular flexibility index (Phi) is 6.64. The average Bonchev–Trinajstić information content (AvgIpc) is 3.30. The SMILES string of the molecule is CCCn1c(NC(=O)c2cc(C)nn2CC)nc2cc(C(N)=O)cc(OCCC3COC3)c21. The van der Waals surface area contributed by atoms with Crippen molar-refractivity contribution in [2.75, 3.05) is 25.1 Å². The molecular weight excluding hydrogens is 424 g/mol. The molecule has 1 fully saturated rings. The number of benzene rings is 1. The van der Waals surface area contributed by atoms with Gasteiger partial charge in [-0.1, -0.05) is 6.92 Å². The van der Waals surface area contributed by atoms with Crippen LogP contribution in [0.3, 0.4) is 0 Å². The molecule has 0 saturated carbocycles. The molecule has 1 aliphatic rings. The number of fused-ring (bicyclic) bond motifs is 1. The van der Waals surface area contributed by atoms with Gasteiger partial charge in [0.1, 0.15) is 17.0 Å². The van der Waals surface area contributed by atoms with Gasteiger partial charge in [0.25, 0.3) is 5.91 Å². The topological polar surface area (TPSA) is 126 Å². The predicted molar refractivity (Wildman–Crippen MR) is 124 cm³/mol. The van der Waals surface area contributed by atoms with Crippen LogP contribution in [0.1, 0.15) is 53.2 Å². The molecule has 2 amide bonds. The smallest absolute Gasteiger partial charge is 0.276 e. The van der Waals surface area contributed by atoms with Crippen molar-refractivity contribution in [1.29, 1.82) is 0 Å². The lowest BCUT2D eigenvalue weighted by Crippen LogP contribution is -2.28. The summed E-state index contributed by atoms with van der Waals surface area (Å²) in [7, 11) is 0. The van der Waals surface area contributed by atoms with E-state index in [0.717, 1.165) is 37.3 Å². The fraction of sp³-hybridized carbons (Fsp3) is 0.478. The summed E-state index contributed by atoms with van der Waals surface area (Å²) in [4.78, 5) is 29.6. The number of aromatic nitrogens is 4. The minimum atomic E-state index is -0.563. The van der Waals surface area contributed by atoms with E-state index in [1.807, 2.05) is 25.3 Å². The molecule has 1 saturated heterocycles. The number of imidazole rings is 1. The van der Waals surface area contributed by atoms with E-state index in [1.54, 1.807) is 22.9 Å². The second-order valence-corrected chi connectivity index (χ2v) is 8.27. The Labute approximate surface area is 192 Å². The molecule has 3 N–H and O–H groups in total. The first-order chi connectivity index (χ1) is 15.9. The van der Waals surface area contributed by atoms with E-state index in [0.29, 0.717) is 54.1 Å². The number of nitrogens with two attached hydrogens (primary N) is 1. The molecule has 0 bridgehead atoms.